The van der Waals surface area contributed by atoms with Gasteiger partial charge in [0.1, 0.15) is 0 Å². The quantitative estimate of drug-likeness (QED) is 0.875. The van der Waals surface area contributed by atoms with Crippen LogP contribution in [0.25, 0.3) is 0 Å². The summed E-state index contributed by atoms with van der Waals surface area (Å²) in [6, 6.07) is 5.56. The van der Waals surface area contributed by atoms with Gasteiger partial charge in [-0.25, -0.2) is 0 Å². The van der Waals surface area contributed by atoms with E-state index in [9.17, 15) is 4.79 Å². The Balaban J connectivity index is 2.59. The zero-order valence-corrected chi connectivity index (χ0v) is 12.0. The van der Waals surface area contributed by atoms with Crippen LogP contribution in [-0.2, 0) is 4.79 Å². The fourth-order valence-electron chi connectivity index (χ4n) is 1.15. The van der Waals surface area contributed by atoms with Crippen molar-refractivity contribution in [1.29, 1.82) is 0 Å². The monoisotopic (exact) mass is 349 g/mol. The first-order valence-corrected chi connectivity index (χ1v) is 6.50. The third-order valence-corrected chi connectivity index (χ3v) is 3.18. The fraction of sp³-hybridized carbons (Fsp3) is 0.364. The van der Waals surface area contributed by atoms with Gasteiger partial charge in [0.05, 0.1) is 11.8 Å². The Morgan fingerprint density at radius 1 is 1.50 bits per heavy atom. The topological polar surface area (TPSA) is 49.3 Å². The first kappa shape index (κ1) is 13.7. The summed E-state index contributed by atoms with van der Waals surface area (Å²) in [5.74, 6) is -0.0975. The summed E-state index contributed by atoms with van der Waals surface area (Å²) in [6.45, 7) is 1.67. The Morgan fingerprint density at radius 3 is 2.81 bits per heavy atom. The standard InChI is InChI=1S/C11H13Br2NO2/c1-7(15)2-5-11(16)14-10-6-8(12)3-4-9(10)13/h3-4,6-7,15H,2,5H2,1H3,(H,14,16). The number of carbonyl (C=O) groups excluding carboxylic acids is 1. The molecule has 0 radical (unpaired) electrons. The average Bonchev–Trinajstić information content (AvgIpc) is 2.20. The van der Waals surface area contributed by atoms with Gasteiger partial charge in [0.15, 0.2) is 0 Å². The molecular weight excluding hydrogens is 338 g/mol. The number of benzene rings is 1. The second-order valence-electron chi connectivity index (χ2n) is 3.56. The van der Waals surface area contributed by atoms with E-state index in [1.165, 1.54) is 0 Å². The van der Waals surface area contributed by atoms with Gasteiger partial charge in [-0.1, -0.05) is 15.9 Å². The predicted octanol–water partition coefficient (Wildman–Crippen LogP) is 3.31. The minimum absolute atomic E-state index is 0.0975. The number of aliphatic hydroxyl groups is 1. The molecule has 0 saturated heterocycles. The Kier molecular flexibility index (Phi) is 5.44. The summed E-state index contributed by atoms with van der Waals surface area (Å²) < 4.78 is 1.74. The lowest BCUT2D eigenvalue weighted by Crippen LogP contribution is -2.14. The van der Waals surface area contributed by atoms with Crippen molar-refractivity contribution in [3.8, 4) is 0 Å². The van der Waals surface area contributed by atoms with Crippen molar-refractivity contribution >= 4 is 43.5 Å². The van der Waals surface area contributed by atoms with E-state index in [2.05, 4.69) is 37.2 Å². The molecule has 0 aliphatic rings. The largest absolute Gasteiger partial charge is 0.393 e. The maximum absolute atomic E-state index is 11.5. The lowest BCUT2D eigenvalue weighted by molar-refractivity contribution is -0.116. The Labute approximate surface area is 111 Å². The van der Waals surface area contributed by atoms with Crippen molar-refractivity contribution in [2.75, 3.05) is 5.32 Å². The van der Waals surface area contributed by atoms with Crippen molar-refractivity contribution in [3.63, 3.8) is 0 Å². The third-order valence-electron chi connectivity index (χ3n) is 1.99. The molecule has 16 heavy (non-hydrogen) atoms. The average molecular weight is 351 g/mol. The van der Waals surface area contributed by atoms with Crippen LogP contribution < -0.4 is 5.32 Å². The maximum Gasteiger partial charge on any atom is 0.224 e. The van der Waals surface area contributed by atoms with Gasteiger partial charge in [0.25, 0.3) is 0 Å². The lowest BCUT2D eigenvalue weighted by atomic mass is 10.2. The van der Waals surface area contributed by atoms with Crippen LogP contribution in [0, 0.1) is 0 Å². The second-order valence-corrected chi connectivity index (χ2v) is 5.33. The summed E-state index contributed by atoms with van der Waals surface area (Å²) in [4.78, 5) is 11.5. The van der Waals surface area contributed by atoms with Gasteiger partial charge in [-0.15, -0.1) is 0 Å². The minimum Gasteiger partial charge on any atom is -0.393 e. The second kappa shape index (κ2) is 6.37. The van der Waals surface area contributed by atoms with E-state index in [4.69, 9.17) is 5.11 Å². The number of aliphatic hydroxyl groups excluding tert-OH is 1. The van der Waals surface area contributed by atoms with Crippen molar-refractivity contribution in [2.45, 2.75) is 25.9 Å². The van der Waals surface area contributed by atoms with Gasteiger partial charge < -0.3 is 10.4 Å². The molecule has 1 unspecified atom stereocenters. The lowest BCUT2D eigenvalue weighted by Gasteiger charge is -2.08. The highest BCUT2D eigenvalue weighted by atomic mass is 79.9. The fourth-order valence-corrected chi connectivity index (χ4v) is 1.85. The highest BCUT2D eigenvalue weighted by Gasteiger charge is 2.07. The van der Waals surface area contributed by atoms with Gasteiger partial charge >= 0.3 is 0 Å². The molecule has 1 amide bonds. The van der Waals surface area contributed by atoms with Crippen LogP contribution in [0.2, 0.25) is 0 Å². The van der Waals surface area contributed by atoms with E-state index in [1.54, 1.807) is 6.92 Å². The van der Waals surface area contributed by atoms with E-state index >= 15 is 0 Å². The van der Waals surface area contributed by atoms with Crippen LogP contribution >= 0.6 is 31.9 Å². The number of anilines is 1. The van der Waals surface area contributed by atoms with Crippen molar-refractivity contribution in [1.82, 2.24) is 0 Å². The number of nitrogens with one attached hydrogen (secondary N) is 1. The number of halogens is 2. The molecule has 0 aliphatic carbocycles. The van der Waals surface area contributed by atoms with Crippen LogP contribution in [0.3, 0.4) is 0 Å². The Hall–Kier alpha value is -0.390. The van der Waals surface area contributed by atoms with E-state index < -0.39 is 6.10 Å². The first-order valence-electron chi connectivity index (χ1n) is 4.92. The number of amides is 1. The van der Waals surface area contributed by atoms with Gasteiger partial charge in [0, 0.05) is 15.4 Å². The molecule has 3 nitrogen and oxygen atoms in total. The van der Waals surface area contributed by atoms with Gasteiger partial charge in [-0.3, -0.25) is 4.79 Å². The normalized spacial score (nSPS) is 12.2. The summed E-state index contributed by atoms with van der Waals surface area (Å²) in [5, 5.41) is 11.8. The van der Waals surface area contributed by atoms with Crippen molar-refractivity contribution in [3.05, 3.63) is 27.1 Å². The number of hydrogen-bond acceptors (Lipinski definition) is 2. The van der Waals surface area contributed by atoms with Crippen LogP contribution in [0.5, 0.6) is 0 Å². The molecule has 0 aromatic heterocycles. The maximum atomic E-state index is 11.5. The van der Waals surface area contributed by atoms with Crippen LogP contribution in [0.15, 0.2) is 27.1 Å². The molecular formula is C11H13Br2NO2. The summed E-state index contributed by atoms with van der Waals surface area (Å²) >= 11 is 6.69. The highest BCUT2D eigenvalue weighted by molar-refractivity contribution is 9.11. The molecule has 0 bridgehead atoms. The molecule has 1 atom stereocenters. The van der Waals surface area contributed by atoms with E-state index in [0.29, 0.717) is 12.8 Å². The molecule has 5 heteroatoms. The van der Waals surface area contributed by atoms with Crippen LogP contribution in [0.1, 0.15) is 19.8 Å². The number of rotatable bonds is 4. The number of carbonyl (C=O) groups is 1. The minimum atomic E-state index is -0.447. The smallest absolute Gasteiger partial charge is 0.224 e. The number of hydrogen-bond donors (Lipinski definition) is 2. The molecule has 2 N–H and O–H groups in total. The van der Waals surface area contributed by atoms with Gasteiger partial charge in [-0.2, -0.15) is 0 Å². The third kappa shape index (κ3) is 4.63. The molecule has 0 spiro atoms. The zero-order valence-electron chi connectivity index (χ0n) is 8.84. The van der Waals surface area contributed by atoms with Gasteiger partial charge in [-0.05, 0) is 47.5 Å². The highest BCUT2D eigenvalue weighted by Crippen LogP contribution is 2.26. The summed E-state index contributed by atoms with van der Waals surface area (Å²) in [5.41, 5.74) is 0.727. The molecule has 1 rings (SSSR count). The Morgan fingerprint density at radius 2 is 2.19 bits per heavy atom. The van der Waals surface area contributed by atoms with Crippen LogP contribution in [-0.4, -0.2) is 17.1 Å². The zero-order chi connectivity index (χ0) is 12.1. The molecule has 0 aliphatic heterocycles. The molecule has 1 aromatic rings. The summed E-state index contributed by atoms with van der Waals surface area (Å²) in [7, 11) is 0. The SMILES string of the molecule is CC(O)CCC(=O)Nc1cc(Br)ccc1Br. The molecule has 88 valence electrons. The first-order chi connectivity index (χ1) is 7.49. The molecule has 0 fully saturated rings. The van der Waals surface area contributed by atoms with Crippen LogP contribution in [0.4, 0.5) is 5.69 Å². The van der Waals surface area contributed by atoms with Crippen molar-refractivity contribution in [2.24, 2.45) is 0 Å². The predicted molar refractivity (Wildman–Crippen MR) is 71.4 cm³/mol. The molecule has 1 aromatic carbocycles. The van der Waals surface area contributed by atoms with Gasteiger partial charge in [0.2, 0.25) is 5.91 Å². The van der Waals surface area contributed by atoms with E-state index in [-0.39, 0.29) is 5.91 Å². The van der Waals surface area contributed by atoms with E-state index in [1.807, 2.05) is 18.2 Å². The molecule has 0 heterocycles. The molecule has 0 saturated carbocycles. The van der Waals surface area contributed by atoms with Crippen molar-refractivity contribution < 1.29 is 9.90 Å². The van der Waals surface area contributed by atoms with E-state index in [0.717, 1.165) is 14.6 Å². The Bertz CT molecular complexity index is 380. The summed E-state index contributed by atoms with van der Waals surface area (Å²) in [6.07, 6.45) is 0.338.